The summed E-state index contributed by atoms with van der Waals surface area (Å²) in [6.07, 6.45) is 0. The molecule has 0 amide bonds. The SMILES string of the molecule is C[C@@H](NC1CSCc2ccccc21)c1cccc(Br)c1. The van der Waals surface area contributed by atoms with E-state index >= 15 is 0 Å². The minimum atomic E-state index is 0.351. The van der Waals surface area contributed by atoms with Gasteiger partial charge < -0.3 is 5.32 Å². The van der Waals surface area contributed by atoms with Gasteiger partial charge in [-0.1, -0.05) is 52.3 Å². The Bertz CT molecular complexity index is 599. The first kappa shape index (κ1) is 14.2. The molecule has 0 saturated heterocycles. The lowest BCUT2D eigenvalue weighted by molar-refractivity contribution is 0.495. The van der Waals surface area contributed by atoms with E-state index in [0.29, 0.717) is 12.1 Å². The fourth-order valence-corrected chi connectivity index (χ4v) is 4.22. The van der Waals surface area contributed by atoms with Gasteiger partial charge in [0.1, 0.15) is 0 Å². The van der Waals surface area contributed by atoms with E-state index in [1.54, 1.807) is 0 Å². The minimum Gasteiger partial charge on any atom is -0.303 e. The fourth-order valence-electron chi connectivity index (χ4n) is 2.69. The Hall–Kier alpha value is -0.770. The standard InChI is InChI=1S/C17H18BrNS/c1-12(13-6-4-7-15(18)9-13)19-17-11-20-10-14-5-2-3-8-16(14)17/h2-9,12,17,19H,10-11H2,1H3/t12-,17?/m1/s1. The molecule has 0 radical (unpaired) electrons. The first-order valence-corrected chi connectivity index (χ1v) is 8.86. The van der Waals surface area contributed by atoms with Gasteiger partial charge >= 0.3 is 0 Å². The number of fused-ring (bicyclic) bond motifs is 1. The lowest BCUT2D eigenvalue weighted by Crippen LogP contribution is -2.29. The molecule has 0 spiro atoms. The van der Waals surface area contributed by atoms with Crippen LogP contribution in [0.3, 0.4) is 0 Å². The highest BCUT2D eigenvalue weighted by molar-refractivity contribution is 9.10. The molecule has 0 bridgehead atoms. The summed E-state index contributed by atoms with van der Waals surface area (Å²) in [6.45, 7) is 2.24. The van der Waals surface area contributed by atoms with Gasteiger partial charge in [0.15, 0.2) is 0 Å². The van der Waals surface area contributed by atoms with Crippen molar-refractivity contribution in [3.05, 3.63) is 69.7 Å². The Morgan fingerprint density at radius 2 is 2.05 bits per heavy atom. The van der Waals surface area contributed by atoms with Crippen LogP contribution >= 0.6 is 27.7 Å². The van der Waals surface area contributed by atoms with E-state index < -0.39 is 0 Å². The average molecular weight is 348 g/mol. The number of rotatable bonds is 3. The zero-order valence-electron chi connectivity index (χ0n) is 11.5. The molecular formula is C17H18BrNS. The van der Waals surface area contributed by atoms with E-state index in [2.05, 4.69) is 76.7 Å². The summed E-state index contributed by atoms with van der Waals surface area (Å²) < 4.78 is 1.14. The van der Waals surface area contributed by atoms with Crippen molar-refractivity contribution in [1.82, 2.24) is 5.32 Å². The molecule has 20 heavy (non-hydrogen) atoms. The van der Waals surface area contributed by atoms with Crippen LogP contribution in [0.2, 0.25) is 0 Å². The molecule has 3 heteroatoms. The quantitative estimate of drug-likeness (QED) is 0.829. The molecule has 0 aliphatic carbocycles. The van der Waals surface area contributed by atoms with Crippen molar-refractivity contribution < 1.29 is 0 Å². The molecule has 2 aromatic rings. The van der Waals surface area contributed by atoms with Crippen LogP contribution in [0.15, 0.2) is 53.0 Å². The summed E-state index contributed by atoms with van der Waals surface area (Å²) in [7, 11) is 0. The molecular weight excluding hydrogens is 330 g/mol. The third-order valence-electron chi connectivity index (χ3n) is 3.77. The first-order chi connectivity index (χ1) is 9.74. The topological polar surface area (TPSA) is 12.0 Å². The second-order valence-electron chi connectivity index (χ2n) is 5.21. The Morgan fingerprint density at radius 1 is 1.20 bits per heavy atom. The van der Waals surface area contributed by atoms with Crippen LogP contribution < -0.4 is 5.32 Å². The number of benzene rings is 2. The lowest BCUT2D eigenvalue weighted by atomic mass is 10.00. The van der Waals surface area contributed by atoms with Gasteiger partial charge in [-0.3, -0.25) is 0 Å². The van der Waals surface area contributed by atoms with Crippen molar-refractivity contribution >= 4 is 27.7 Å². The molecule has 0 aromatic heterocycles. The zero-order valence-corrected chi connectivity index (χ0v) is 13.9. The molecule has 1 N–H and O–H groups in total. The number of hydrogen-bond donors (Lipinski definition) is 1. The maximum atomic E-state index is 3.78. The highest BCUT2D eigenvalue weighted by Crippen LogP contribution is 2.33. The largest absolute Gasteiger partial charge is 0.303 e. The second kappa shape index (κ2) is 6.33. The smallest absolute Gasteiger partial charge is 0.0419 e. The van der Waals surface area contributed by atoms with Gasteiger partial charge in [0.05, 0.1) is 0 Å². The summed E-state index contributed by atoms with van der Waals surface area (Å²) in [5.41, 5.74) is 4.27. The van der Waals surface area contributed by atoms with E-state index in [1.165, 1.54) is 16.7 Å². The van der Waals surface area contributed by atoms with E-state index in [-0.39, 0.29) is 0 Å². The predicted octanol–water partition coefficient (Wildman–Crippen LogP) is 5.09. The van der Waals surface area contributed by atoms with Crippen LogP contribution in [-0.4, -0.2) is 5.75 Å². The molecule has 1 nitrogen and oxygen atoms in total. The molecule has 0 saturated carbocycles. The van der Waals surface area contributed by atoms with Gasteiger partial charge in [-0.2, -0.15) is 11.8 Å². The number of hydrogen-bond acceptors (Lipinski definition) is 2. The summed E-state index contributed by atoms with van der Waals surface area (Å²) >= 11 is 5.56. The third kappa shape index (κ3) is 3.11. The normalized spacial score (nSPS) is 19.4. The fraction of sp³-hybridized carbons (Fsp3) is 0.294. The third-order valence-corrected chi connectivity index (χ3v) is 5.35. The molecule has 1 unspecified atom stereocenters. The monoisotopic (exact) mass is 347 g/mol. The predicted molar refractivity (Wildman–Crippen MR) is 91.0 cm³/mol. The Labute approximate surface area is 133 Å². The van der Waals surface area contributed by atoms with Gasteiger partial charge in [0.2, 0.25) is 0 Å². The highest BCUT2D eigenvalue weighted by Gasteiger charge is 2.21. The maximum absolute atomic E-state index is 3.78. The van der Waals surface area contributed by atoms with Gasteiger partial charge in [-0.25, -0.2) is 0 Å². The molecule has 2 atom stereocenters. The zero-order chi connectivity index (χ0) is 13.9. The summed E-state index contributed by atoms with van der Waals surface area (Å²) in [6, 6.07) is 18.1. The van der Waals surface area contributed by atoms with Crippen molar-refractivity contribution in [2.45, 2.75) is 24.8 Å². The van der Waals surface area contributed by atoms with E-state index in [4.69, 9.17) is 0 Å². The Balaban J connectivity index is 1.79. The first-order valence-electron chi connectivity index (χ1n) is 6.91. The Morgan fingerprint density at radius 3 is 2.90 bits per heavy atom. The van der Waals surface area contributed by atoms with Gasteiger partial charge in [0.25, 0.3) is 0 Å². The van der Waals surface area contributed by atoms with Crippen LogP contribution in [0.4, 0.5) is 0 Å². The van der Waals surface area contributed by atoms with E-state index in [0.717, 1.165) is 16.0 Å². The lowest BCUT2D eigenvalue weighted by Gasteiger charge is -2.29. The van der Waals surface area contributed by atoms with E-state index in [1.807, 2.05) is 11.8 Å². The van der Waals surface area contributed by atoms with Gasteiger partial charge in [0, 0.05) is 28.1 Å². The van der Waals surface area contributed by atoms with Crippen molar-refractivity contribution in [2.24, 2.45) is 0 Å². The van der Waals surface area contributed by atoms with Crippen LogP contribution in [0.1, 0.15) is 35.7 Å². The molecule has 3 rings (SSSR count). The van der Waals surface area contributed by atoms with Gasteiger partial charge in [-0.05, 0) is 35.7 Å². The van der Waals surface area contributed by atoms with Crippen LogP contribution in [-0.2, 0) is 5.75 Å². The van der Waals surface area contributed by atoms with Crippen molar-refractivity contribution in [3.8, 4) is 0 Å². The molecule has 0 fully saturated rings. The highest BCUT2D eigenvalue weighted by atomic mass is 79.9. The van der Waals surface area contributed by atoms with Crippen molar-refractivity contribution in [2.75, 3.05) is 5.75 Å². The maximum Gasteiger partial charge on any atom is 0.0419 e. The number of thioether (sulfide) groups is 1. The van der Waals surface area contributed by atoms with Crippen LogP contribution in [0.25, 0.3) is 0 Å². The van der Waals surface area contributed by atoms with Crippen LogP contribution in [0.5, 0.6) is 0 Å². The molecule has 1 heterocycles. The molecule has 2 aromatic carbocycles. The molecule has 1 aliphatic heterocycles. The summed E-state index contributed by atoms with van der Waals surface area (Å²) in [5.74, 6) is 2.29. The minimum absolute atomic E-state index is 0.351. The average Bonchev–Trinajstić information content (AvgIpc) is 2.47. The Kier molecular flexibility index (Phi) is 4.49. The number of nitrogens with one attached hydrogen (secondary N) is 1. The van der Waals surface area contributed by atoms with E-state index in [9.17, 15) is 0 Å². The van der Waals surface area contributed by atoms with Gasteiger partial charge in [-0.15, -0.1) is 0 Å². The summed E-state index contributed by atoms with van der Waals surface area (Å²) in [5, 5.41) is 3.78. The van der Waals surface area contributed by atoms with Crippen LogP contribution in [0, 0.1) is 0 Å². The van der Waals surface area contributed by atoms with Crippen molar-refractivity contribution in [3.63, 3.8) is 0 Å². The molecule has 1 aliphatic rings. The second-order valence-corrected chi connectivity index (χ2v) is 7.16. The number of halogens is 1. The molecule has 104 valence electrons. The van der Waals surface area contributed by atoms with Crippen molar-refractivity contribution in [1.29, 1.82) is 0 Å². The summed E-state index contributed by atoms with van der Waals surface area (Å²) in [4.78, 5) is 0.